The van der Waals surface area contributed by atoms with Crippen molar-refractivity contribution < 1.29 is 14.0 Å². The van der Waals surface area contributed by atoms with Gasteiger partial charge in [0.05, 0.1) is 6.54 Å². The Morgan fingerprint density at radius 1 is 1.09 bits per heavy atom. The number of hydrogen-bond donors (Lipinski definition) is 2. The molecule has 0 bridgehead atoms. The molecule has 0 aliphatic heterocycles. The minimum absolute atomic E-state index is 0.107. The van der Waals surface area contributed by atoms with Crippen LogP contribution in [0.5, 0.6) is 0 Å². The van der Waals surface area contributed by atoms with Gasteiger partial charge < -0.3 is 15.1 Å². The van der Waals surface area contributed by atoms with Crippen molar-refractivity contribution in [1.82, 2.24) is 10.3 Å². The van der Waals surface area contributed by atoms with E-state index in [1.807, 2.05) is 6.07 Å². The second-order valence-electron chi connectivity index (χ2n) is 4.63. The summed E-state index contributed by atoms with van der Waals surface area (Å²) in [4.78, 5) is 27.7. The predicted octanol–water partition coefficient (Wildman–Crippen LogP) is 2.20. The molecule has 2 N–H and O–H groups in total. The van der Waals surface area contributed by atoms with E-state index < -0.39 is 0 Å². The van der Waals surface area contributed by atoms with Gasteiger partial charge in [-0.25, -0.2) is 4.98 Å². The maximum atomic E-state index is 11.9. The Morgan fingerprint density at radius 2 is 1.91 bits per heavy atom. The van der Waals surface area contributed by atoms with Crippen molar-refractivity contribution in [3.05, 3.63) is 60.5 Å². The molecular formula is C16H13N3O3. The number of fused-ring (bicyclic) bond motifs is 1. The smallest absolute Gasteiger partial charge is 0.251 e. The number of anilines is 1. The third-order valence-corrected chi connectivity index (χ3v) is 3.06. The summed E-state index contributed by atoms with van der Waals surface area (Å²) in [6.45, 7) is -0.107. The lowest BCUT2D eigenvalue weighted by molar-refractivity contribution is -0.115. The Balaban J connectivity index is 1.57. The fourth-order valence-electron chi connectivity index (χ4n) is 1.99. The van der Waals surface area contributed by atoms with Crippen LogP contribution in [0.1, 0.15) is 10.4 Å². The number of oxazole rings is 1. The topological polar surface area (TPSA) is 84.2 Å². The number of hydrogen-bond acceptors (Lipinski definition) is 4. The molecular weight excluding hydrogens is 282 g/mol. The van der Waals surface area contributed by atoms with Crippen molar-refractivity contribution in [3.63, 3.8) is 0 Å². The molecule has 0 aliphatic carbocycles. The van der Waals surface area contributed by atoms with Crippen LogP contribution in [0.3, 0.4) is 0 Å². The van der Waals surface area contributed by atoms with Gasteiger partial charge in [0, 0.05) is 11.3 Å². The van der Waals surface area contributed by atoms with Crippen molar-refractivity contribution in [2.75, 3.05) is 11.9 Å². The van der Waals surface area contributed by atoms with Crippen LogP contribution >= 0.6 is 0 Å². The SMILES string of the molecule is O=C(CNC(=O)c1ccccc1)Nc1ccc2ocnc2c1. The highest BCUT2D eigenvalue weighted by Gasteiger charge is 2.08. The van der Waals surface area contributed by atoms with Crippen LogP contribution in [0, 0.1) is 0 Å². The minimum Gasteiger partial charge on any atom is -0.443 e. The number of carbonyl (C=O) groups excluding carboxylic acids is 2. The normalized spacial score (nSPS) is 10.4. The van der Waals surface area contributed by atoms with E-state index >= 15 is 0 Å². The van der Waals surface area contributed by atoms with Gasteiger partial charge in [0.2, 0.25) is 5.91 Å². The van der Waals surface area contributed by atoms with Crippen molar-refractivity contribution in [3.8, 4) is 0 Å². The second-order valence-corrected chi connectivity index (χ2v) is 4.63. The predicted molar refractivity (Wildman–Crippen MR) is 81.4 cm³/mol. The Morgan fingerprint density at radius 3 is 2.73 bits per heavy atom. The number of aromatic nitrogens is 1. The van der Waals surface area contributed by atoms with Crippen molar-refractivity contribution in [1.29, 1.82) is 0 Å². The summed E-state index contributed by atoms with van der Waals surface area (Å²) in [5, 5.41) is 5.26. The van der Waals surface area contributed by atoms with E-state index in [1.54, 1.807) is 42.5 Å². The van der Waals surface area contributed by atoms with E-state index in [4.69, 9.17) is 4.42 Å². The molecule has 0 saturated carbocycles. The van der Waals surface area contributed by atoms with Gasteiger partial charge in [-0.3, -0.25) is 9.59 Å². The van der Waals surface area contributed by atoms with Crippen LogP contribution in [0.2, 0.25) is 0 Å². The second kappa shape index (κ2) is 6.09. The quantitative estimate of drug-likeness (QED) is 0.772. The zero-order valence-corrected chi connectivity index (χ0v) is 11.6. The standard InChI is InChI=1S/C16H13N3O3/c20-15(9-17-16(21)11-4-2-1-3-5-11)19-12-6-7-14-13(8-12)18-10-22-14/h1-8,10H,9H2,(H,17,21)(H,19,20). The number of nitrogens with one attached hydrogen (secondary N) is 2. The molecule has 0 fully saturated rings. The van der Waals surface area contributed by atoms with Gasteiger partial charge in [0.25, 0.3) is 5.91 Å². The van der Waals surface area contributed by atoms with Crippen LogP contribution in [0.4, 0.5) is 5.69 Å². The molecule has 0 saturated heterocycles. The molecule has 0 spiro atoms. The summed E-state index contributed by atoms with van der Waals surface area (Å²) in [5.74, 6) is -0.602. The highest BCUT2D eigenvalue weighted by atomic mass is 16.3. The molecule has 22 heavy (non-hydrogen) atoms. The van der Waals surface area contributed by atoms with Crippen LogP contribution in [-0.2, 0) is 4.79 Å². The Kier molecular flexibility index (Phi) is 3.82. The van der Waals surface area contributed by atoms with Gasteiger partial charge in [-0.1, -0.05) is 18.2 Å². The first kappa shape index (κ1) is 13.8. The average molecular weight is 295 g/mol. The zero-order chi connectivity index (χ0) is 15.4. The monoisotopic (exact) mass is 295 g/mol. The Hall–Kier alpha value is -3.15. The molecule has 0 radical (unpaired) electrons. The fraction of sp³-hybridized carbons (Fsp3) is 0.0625. The minimum atomic E-state index is -0.313. The highest BCUT2D eigenvalue weighted by Crippen LogP contribution is 2.17. The third-order valence-electron chi connectivity index (χ3n) is 3.06. The fourth-order valence-corrected chi connectivity index (χ4v) is 1.99. The zero-order valence-electron chi connectivity index (χ0n) is 11.6. The maximum absolute atomic E-state index is 11.9. The maximum Gasteiger partial charge on any atom is 0.251 e. The molecule has 1 heterocycles. The van der Waals surface area contributed by atoms with Crippen molar-refractivity contribution >= 4 is 28.6 Å². The van der Waals surface area contributed by atoms with E-state index in [1.165, 1.54) is 6.39 Å². The first-order valence-electron chi connectivity index (χ1n) is 6.69. The molecule has 6 heteroatoms. The summed E-state index contributed by atoms with van der Waals surface area (Å²) < 4.78 is 5.12. The summed E-state index contributed by atoms with van der Waals surface area (Å²) in [5.41, 5.74) is 2.42. The largest absolute Gasteiger partial charge is 0.443 e. The molecule has 2 amide bonds. The highest BCUT2D eigenvalue weighted by molar-refractivity contribution is 5.99. The molecule has 3 rings (SSSR count). The van der Waals surface area contributed by atoms with Crippen LogP contribution in [0.25, 0.3) is 11.1 Å². The van der Waals surface area contributed by atoms with Crippen LogP contribution in [0.15, 0.2) is 59.3 Å². The molecule has 0 atom stereocenters. The lowest BCUT2D eigenvalue weighted by atomic mass is 10.2. The number of benzene rings is 2. The van der Waals surface area contributed by atoms with E-state index in [2.05, 4.69) is 15.6 Å². The summed E-state index contributed by atoms with van der Waals surface area (Å²) in [6, 6.07) is 13.9. The first-order chi connectivity index (χ1) is 10.7. The molecule has 2 aromatic carbocycles. The molecule has 1 aromatic heterocycles. The van der Waals surface area contributed by atoms with Crippen molar-refractivity contribution in [2.45, 2.75) is 0 Å². The van der Waals surface area contributed by atoms with E-state index in [9.17, 15) is 9.59 Å². The number of carbonyl (C=O) groups is 2. The lowest BCUT2D eigenvalue weighted by Crippen LogP contribution is -2.32. The van der Waals surface area contributed by atoms with Crippen LogP contribution < -0.4 is 10.6 Å². The molecule has 0 aliphatic rings. The van der Waals surface area contributed by atoms with Gasteiger partial charge in [0.15, 0.2) is 12.0 Å². The molecule has 110 valence electrons. The van der Waals surface area contributed by atoms with Gasteiger partial charge >= 0.3 is 0 Å². The van der Waals surface area contributed by atoms with E-state index in [-0.39, 0.29) is 18.4 Å². The third kappa shape index (κ3) is 3.12. The number of amides is 2. The Bertz CT molecular complexity index is 812. The number of rotatable bonds is 4. The summed E-state index contributed by atoms with van der Waals surface area (Å²) in [7, 11) is 0. The average Bonchev–Trinajstić information content (AvgIpc) is 3.01. The number of nitrogens with zero attached hydrogens (tertiary/aromatic N) is 1. The van der Waals surface area contributed by atoms with E-state index in [0.29, 0.717) is 22.4 Å². The lowest BCUT2D eigenvalue weighted by Gasteiger charge is -2.07. The van der Waals surface area contributed by atoms with Gasteiger partial charge in [-0.15, -0.1) is 0 Å². The van der Waals surface area contributed by atoms with Gasteiger partial charge in [-0.2, -0.15) is 0 Å². The summed E-state index contributed by atoms with van der Waals surface area (Å²) >= 11 is 0. The molecule has 3 aromatic rings. The summed E-state index contributed by atoms with van der Waals surface area (Å²) in [6.07, 6.45) is 1.34. The van der Waals surface area contributed by atoms with Crippen LogP contribution in [-0.4, -0.2) is 23.3 Å². The molecule has 0 unspecified atom stereocenters. The Labute approximate surface area is 126 Å². The first-order valence-corrected chi connectivity index (χ1v) is 6.69. The van der Waals surface area contributed by atoms with E-state index in [0.717, 1.165) is 0 Å². The molecule has 6 nitrogen and oxygen atoms in total. The van der Waals surface area contributed by atoms with Crippen molar-refractivity contribution in [2.24, 2.45) is 0 Å². The van der Waals surface area contributed by atoms with Gasteiger partial charge in [0.1, 0.15) is 5.52 Å². The van der Waals surface area contributed by atoms with Gasteiger partial charge in [-0.05, 0) is 30.3 Å².